The lowest BCUT2D eigenvalue weighted by molar-refractivity contribution is 0.952. The maximum Gasteiger partial charge on any atom is 0.0280 e. The first kappa shape index (κ1) is 13.4. The maximum absolute atomic E-state index is 8.05. The van der Waals surface area contributed by atoms with Crippen LogP contribution in [-0.2, 0) is 25.7 Å². The summed E-state index contributed by atoms with van der Waals surface area (Å²) in [6, 6.07) is 25.9. The molecule has 162 valence electrons. The molecule has 4 aromatic rings. The summed E-state index contributed by atoms with van der Waals surface area (Å²) >= 11 is 0. The van der Waals surface area contributed by atoms with E-state index in [-0.39, 0.29) is 16.7 Å². The standard InChI is InChI=1S/C32H34/c1-23-12-24(2)15-29(14-23)20-31-17-26(4)18-32(22-31)21-30-16-25(3)13-28(19-30)11-10-27-8-6-5-7-9-27/h5-9,12-19,22H,10-11,20-21H2,1-4H3/i1D3,3D3,4D3. The highest BCUT2D eigenvalue weighted by molar-refractivity contribution is 5.39. The topological polar surface area (TPSA) is 0 Å². The largest absolute Gasteiger partial charge is 0.0622 e. The minimum atomic E-state index is -2.33. The molecule has 4 aromatic carbocycles. The lowest BCUT2D eigenvalue weighted by atomic mass is 9.94. The van der Waals surface area contributed by atoms with Gasteiger partial charge in [0.2, 0.25) is 0 Å². The average Bonchev–Trinajstić information content (AvgIpc) is 2.86. The summed E-state index contributed by atoms with van der Waals surface area (Å²) in [6.45, 7) is -4.99. The molecule has 0 heterocycles. The molecule has 0 fully saturated rings. The number of hydrogen-bond donors (Lipinski definition) is 0. The summed E-state index contributed by atoms with van der Waals surface area (Å²) < 4.78 is 71.6. The lowest BCUT2D eigenvalue weighted by Gasteiger charge is -2.12. The zero-order valence-corrected chi connectivity index (χ0v) is 18.4. The van der Waals surface area contributed by atoms with Crippen LogP contribution in [-0.4, -0.2) is 0 Å². The van der Waals surface area contributed by atoms with Crippen LogP contribution in [0.1, 0.15) is 68.0 Å². The summed E-state index contributed by atoms with van der Waals surface area (Å²) in [5.74, 6) is 0. The molecule has 0 unspecified atom stereocenters. The molecule has 0 aliphatic carbocycles. The fourth-order valence-corrected chi connectivity index (χ4v) is 4.35. The number of aryl methyl sites for hydroxylation is 6. The number of benzene rings is 4. The predicted molar refractivity (Wildman–Crippen MR) is 138 cm³/mol. The van der Waals surface area contributed by atoms with Crippen LogP contribution in [0.5, 0.6) is 0 Å². The Morgan fingerprint density at radius 2 is 0.906 bits per heavy atom. The third-order valence-electron chi connectivity index (χ3n) is 5.60. The van der Waals surface area contributed by atoms with E-state index in [9.17, 15) is 0 Å². The molecule has 0 aliphatic heterocycles. The highest BCUT2D eigenvalue weighted by atomic mass is 14.1. The van der Waals surface area contributed by atoms with Gasteiger partial charge in [-0.2, -0.15) is 0 Å². The van der Waals surface area contributed by atoms with Crippen molar-refractivity contribution >= 4 is 0 Å². The van der Waals surface area contributed by atoms with Gasteiger partial charge in [-0.1, -0.05) is 107 Å². The second kappa shape index (κ2) is 10.0. The summed E-state index contributed by atoms with van der Waals surface area (Å²) in [6.07, 6.45) is 2.20. The Bertz CT molecular complexity index is 1490. The molecule has 0 saturated carbocycles. The Morgan fingerprint density at radius 1 is 0.469 bits per heavy atom. The van der Waals surface area contributed by atoms with Gasteiger partial charge in [0, 0.05) is 12.3 Å². The molecule has 32 heavy (non-hydrogen) atoms. The zero-order valence-electron chi connectivity index (χ0n) is 27.4. The number of hydrogen-bond acceptors (Lipinski definition) is 0. The van der Waals surface area contributed by atoms with Crippen molar-refractivity contribution in [1.82, 2.24) is 0 Å². The second-order valence-corrected chi connectivity index (χ2v) is 8.62. The monoisotopic (exact) mass is 427 g/mol. The van der Waals surface area contributed by atoms with Gasteiger partial charge in [-0.3, -0.25) is 0 Å². The van der Waals surface area contributed by atoms with Crippen LogP contribution >= 0.6 is 0 Å². The Hall–Kier alpha value is -3.12. The molecule has 0 bridgehead atoms. The van der Waals surface area contributed by atoms with Gasteiger partial charge in [0.15, 0.2) is 0 Å². The molecule has 0 amide bonds. The van der Waals surface area contributed by atoms with E-state index in [1.165, 1.54) is 5.56 Å². The Morgan fingerprint density at radius 3 is 1.50 bits per heavy atom. The van der Waals surface area contributed by atoms with Crippen LogP contribution in [0.2, 0.25) is 0 Å². The van der Waals surface area contributed by atoms with Gasteiger partial charge < -0.3 is 0 Å². The average molecular weight is 428 g/mol. The lowest BCUT2D eigenvalue weighted by Crippen LogP contribution is -1.98. The quantitative estimate of drug-likeness (QED) is 0.281. The van der Waals surface area contributed by atoms with E-state index in [0.717, 1.165) is 39.8 Å². The van der Waals surface area contributed by atoms with Crippen LogP contribution in [0.15, 0.2) is 84.9 Å². The summed E-state index contributed by atoms with van der Waals surface area (Å²) in [5, 5.41) is 0. The fourth-order valence-electron chi connectivity index (χ4n) is 4.35. The van der Waals surface area contributed by atoms with Crippen molar-refractivity contribution in [3.8, 4) is 0 Å². The molecule has 0 radical (unpaired) electrons. The molecule has 0 heteroatoms. The smallest absolute Gasteiger partial charge is 0.0280 e. The Balaban J connectivity index is 1.69. The molecule has 0 aromatic heterocycles. The van der Waals surface area contributed by atoms with E-state index in [2.05, 4.69) is 0 Å². The van der Waals surface area contributed by atoms with Gasteiger partial charge >= 0.3 is 0 Å². The van der Waals surface area contributed by atoms with E-state index in [1.807, 2.05) is 55.5 Å². The molecule has 0 saturated heterocycles. The minimum absolute atomic E-state index is 0.199. The molecule has 0 aliphatic rings. The van der Waals surface area contributed by atoms with Gasteiger partial charge in [-0.25, -0.2) is 0 Å². The van der Waals surface area contributed by atoms with Crippen LogP contribution < -0.4 is 0 Å². The van der Waals surface area contributed by atoms with E-state index in [0.29, 0.717) is 19.3 Å². The number of rotatable bonds is 7. The minimum Gasteiger partial charge on any atom is -0.0622 e. The van der Waals surface area contributed by atoms with E-state index >= 15 is 0 Å². The SMILES string of the molecule is [2H]C([2H])([2H])c1cc(C)cc(Cc2cc(Cc3cc(CCc4ccccc4)cc(C([2H])([2H])[2H])c3)cc(C([2H])([2H])[2H])c2)c1. The highest BCUT2D eigenvalue weighted by Gasteiger charge is 2.06. The van der Waals surface area contributed by atoms with Crippen molar-refractivity contribution in [2.24, 2.45) is 0 Å². The predicted octanol–water partition coefficient (Wildman–Crippen LogP) is 7.89. The van der Waals surface area contributed by atoms with Crippen molar-refractivity contribution in [2.75, 3.05) is 0 Å². The molecule has 0 spiro atoms. The molecule has 0 nitrogen and oxygen atoms in total. The third-order valence-corrected chi connectivity index (χ3v) is 5.60. The van der Waals surface area contributed by atoms with E-state index in [1.54, 1.807) is 36.4 Å². The first-order valence-corrected chi connectivity index (χ1v) is 11.0. The second-order valence-electron chi connectivity index (χ2n) is 8.62. The van der Waals surface area contributed by atoms with Gasteiger partial charge in [-0.05, 0) is 86.5 Å². The molecular weight excluding hydrogens is 384 g/mol. The van der Waals surface area contributed by atoms with Crippen molar-refractivity contribution in [3.05, 3.63) is 141 Å². The van der Waals surface area contributed by atoms with Crippen molar-refractivity contribution in [2.45, 2.75) is 53.2 Å². The van der Waals surface area contributed by atoms with Gasteiger partial charge in [0.1, 0.15) is 0 Å². The Labute approximate surface area is 206 Å². The normalized spacial score (nSPS) is 16.3. The maximum atomic E-state index is 8.05. The molecular formula is C32H34. The van der Waals surface area contributed by atoms with Crippen LogP contribution in [0.3, 0.4) is 0 Å². The highest BCUT2D eigenvalue weighted by Crippen LogP contribution is 2.21. The van der Waals surface area contributed by atoms with Gasteiger partial charge in [0.05, 0.1) is 0 Å². The fraction of sp³-hybridized carbons (Fsp3) is 0.250. The molecule has 0 N–H and O–H groups in total. The summed E-state index contributed by atoms with van der Waals surface area (Å²) in [4.78, 5) is 0. The summed E-state index contributed by atoms with van der Waals surface area (Å²) in [7, 11) is 0. The van der Waals surface area contributed by atoms with Gasteiger partial charge in [-0.15, -0.1) is 0 Å². The first-order valence-electron chi connectivity index (χ1n) is 15.5. The molecule has 0 atom stereocenters. The van der Waals surface area contributed by atoms with Crippen LogP contribution in [0.4, 0.5) is 0 Å². The zero-order chi connectivity index (χ0) is 30.0. The summed E-state index contributed by atoms with van der Waals surface area (Å²) in [5.41, 5.74) is 6.73. The Kier molecular flexibility index (Phi) is 4.20. The van der Waals surface area contributed by atoms with E-state index in [4.69, 9.17) is 12.3 Å². The third kappa shape index (κ3) is 6.20. The van der Waals surface area contributed by atoms with E-state index < -0.39 is 20.6 Å². The van der Waals surface area contributed by atoms with Crippen LogP contribution in [0.25, 0.3) is 0 Å². The van der Waals surface area contributed by atoms with Crippen molar-refractivity contribution < 1.29 is 12.3 Å². The van der Waals surface area contributed by atoms with Gasteiger partial charge in [0.25, 0.3) is 0 Å². The van der Waals surface area contributed by atoms with Crippen LogP contribution in [0, 0.1) is 27.5 Å². The first-order chi connectivity index (χ1) is 19.1. The van der Waals surface area contributed by atoms with Crippen molar-refractivity contribution in [3.63, 3.8) is 0 Å². The van der Waals surface area contributed by atoms with Crippen molar-refractivity contribution in [1.29, 1.82) is 0 Å². The molecule has 4 rings (SSSR count).